The number of pyridine rings is 2. The van der Waals surface area contributed by atoms with Crippen molar-refractivity contribution in [3.8, 4) is 28.1 Å². The van der Waals surface area contributed by atoms with E-state index >= 15 is 0 Å². The molecule has 1 aliphatic heterocycles. The average molecular weight is 555 g/mol. The van der Waals surface area contributed by atoms with Crippen molar-refractivity contribution in [3.63, 3.8) is 0 Å². The summed E-state index contributed by atoms with van der Waals surface area (Å²) in [6, 6.07) is 27.5. The molecule has 1 fully saturated rings. The van der Waals surface area contributed by atoms with Gasteiger partial charge in [-0.05, 0) is 60.5 Å². The van der Waals surface area contributed by atoms with Crippen LogP contribution >= 0.6 is 0 Å². The lowest BCUT2D eigenvalue weighted by Gasteiger charge is -2.27. The van der Waals surface area contributed by atoms with Crippen LogP contribution in [0.1, 0.15) is 17.5 Å². The van der Waals surface area contributed by atoms with Crippen molar-refractivity contribution in [1.82, 2.24) is 15.0 Å². The van der Waals surface area contributed by atoms with Gasteiger partial charge in [-0.1, -0.05) is 54.6 Å². The van der Waals surface area contributed by atoms with Gasteiger partial charge >= 0.3 is 0 Å². The smallest absolute Gasteiger partial charge is 0.128 e. The summed E-state index contributed by atoms with van der Waals surface area (Å²) in [5.74, 6) is 1.93. The normalized spacial score (nSPS) is 13.6. The van der Waals surface area contributed by atoms with Crippen molar-refractivity contribution in [2.24, 2.45) is 0 Å². The fourth-order valence-corrected chi connectivity index (χ4v) is 6.02. The van der Waals surface area contributed by atoms with E-state index in [4.69, 9.17) is 19.4 Å². The Kier molecular flexibility index (Phi) is 7.29. The molecule has 0 bridgehead atoms. The summed E-state index contributed by atoms with van der Waals surface area (Å²) in [4.78, 5) is 15.5. The molecular weight excluding hydrogens is 520 g/mol. The molecule has 1 saturated heterocycles. The zero-order chi connectivity index (χ0) is 28.3. The summed E-state index contributed by atoms with van der Waals surface area (Å²) in [6.45, 7) is 6.04. The first-order valence-corrected chi connectivity index (χ1v) is 14.7. The molecular formula is C36H34N4O2. The van der Waals surface area contributed by atoms with Crippen LogP contribution in [0.5, 0.6) is 5.75 Å². The second-order valence-electron chi connectivity index (χ2n) is 10.8. The van der Waals surface area contributed by atoms with Gasteiger partial charge in [0, 0.05) is 59.1 Å². The van der Waals surface area contributed by atoms with E-state index in [0.29, 0.717) is 6.61 Å². The second-order valence-corrected chi connectivity index (χ2v) is 10.8. The number of anilines is 1. The monoisotopic (exact) mass is 554 g/mol. The maximum absolute atomic E-state index is 6.22. The van der Waals surface area contributed by atoms with Crippen LogP contribution < -0.4 is 9.64 Å². The molecule has 0 atom stereocenters. The zero-order valence-corrected chi connectivity index (χ0v) is 23.8. The third kappa shape index (κ3) is 5.10. The molecule has 6 heteroatoms. The number of morpholine rings is 1. The highest BCUT2D eigenvalue weighted by molar-refractivity contribution is 6.00. The van der Waals surface area contributed by atoms with Crippen LogP contribution in [-0.4, -0.2) is 47.9 Å². The molecule has 3 aromatic carbocycles. The van der Waals surface area contributed by atoms with Crippen molar-refractivity contribution >= 4 is 27.5 Å². The Labute approximate surface area is 246 Å². The van der Waals surface area contributed by atoms with Gasteiger partial charge in [-0.25, -0.2) is 4.98 Å². The van der Waals surface area contributed by atoms with E-state index in [1.807, 2.05) is 12.4 Å². The largest absolute Gasteiger partial charge is 0.493 e. The number of nitrogens with zero attached hydrogens (tertiary/aromatic N) is 3. The first-order valence-electron chi connectivity index (χ1n) is 14.7. The minimum Gasteiger partial charge on any atom is -0.493 e. The Bertz CT molecular complexity index is 1830. The first-order chi connectivity index (χ1) is 20.8. The van der Waals surface area contributed by atoms with Crippen molar-refractivity contribution in [3.05, 3.63) is 109 Å². The highest BCUT2D eigenvalue weighted by Crippen LogP contribution is 2.38. The van der Waals surface area contributed by atoms with Gasteiger partial charge in [0.05, 0.1) is 31.0 Å². The lowest BCUT2D eigenvalue weighted by molar-refractivity contribution is 0.122. The van der Waals surface area contributed by atoms with Crippen molar-refractivity contribution in [2.75, 3.05) is 37.8 Å². The van der Waals surface area contributed by atoms with Gasteiger partial charge in [-0.2, -0.15) is 0 Å². The quantitative estimate of drug-likeness (QED) is 0.196. The summed E-state index contributed by atoms with van der Waals surface area (Å²) < 4.78 is 11.7. The number of para-hydroxylation sites is 1. The van der Waals surface area contributed by atoms with Crippen LogP contribution in [0.15, 0.2) is 97.5 Å². The van der Waals surface area contributed by atoms with E-state index in [-0.39, 0.29) is 0 Å². The number of benzene rings is 3. The average Bonchev–Trinajstić information content (AvgIpc) is 3.47. The third-order valence-electron chi connectivity index (χ3n) is 8.18. The van der Waals surface area contributed by atoms with Gasteiger partial charge in [-0.15, -0.1) is 0 Å². The maximum atomic E-state index is 6.22. The van der Waals surface area contributed by atoms with Crippen LogP contribution in [0.4, 0.5) is 5.82 Å². The van der Waals surface area contributed by atoms with E-state index in [0.717, 1.165) is 84.0 Å². The van der Waals surface area contributed by atoms with E-state index in [1.54, 1.807) is 0 Å². The van der Waals surface area contributed by atoms with Crippen molar-refractivity contribution in [2.45, 2.75) is 19.8 Å². The molecule has 0 amide bonds. The number of aromatic amines is 1. The molecule has 0 aliphatic carbocycles. The molecule has 7 rings (SSSR count). The molecule has 3 aromatic heterocycles. The number of nitrogens with one attached hydrogen (secondary N) is 1. The lowest BCUT2D eigenvalue weighted by Crippen LogP contribution is -2.36. The number of H-pyrrole nitrogens is 1. The summed E-state index contributed by atoms with van der Waals surface area (Å²) in [5, 5.41) is 3.60. The van der Waals surface area contributed by atoms with Crippen LogP contribution in [0.25, 0.3) is 44.1 Å². The number of fused-ring (bicyclic) bond motifs is 2. The van der Waals surface area contributed by atoms with Crippen LogP contribution in [0.3, 0.4) is 0 Å². The number of aryl methyl sites for hydroxylation is 2. The van der Waals surface area contributed by atoms with Gasteiger partial charge in [0.15, 0.2) is 0 Å². The van der Waals surface area contributed by atoms with E-state index in [9.17, 15) is 0 Å². The van der Waals surface area contributed by atoms with Gasteiger partial charge in [0.1, 0.15) is 11.6 Å². The molecule has 1 aliphatic rings. The molecule has 4 heterocycles. The highest BCUT2D eigenvalue weighted by atomic mass is 16.5. The number of hydrogen-bond acceptors (Lipinski definition) is 5. The minimum absolute atomic E-state index is 0.666. The predicted octanol–water partition coefficient (Wildman–Crippen LogP) is 7.60. The standard InChI is InChI=1S/C36H34N4O2/c1-25-16-17-37-35(28-14-15-33(38-24-28)40-18-21-41-22-19-40)34(25)31-12-5-11-30-27(23-39-36(30)31)9-6-20-42-32-13-4-8-26-7-2-3-10-29(26)32/h2-5,7-8,10-17,23-24,39H,6,9,18-22H2,1H3. The fourth-order valence-electron chi connectivity index (χ4n) is 6.02. The van der Waals surface area contributed by atoms with E-state index < -0.39 is 0 Å². The summed E-state index contributed by atoms with van der Waals surface area (Å²) >= 11 is 0. The first kappa shape index (κ1) is 26.2. The second kappa shape index (κ2) is 11.7. The highest BCUT2D eigenvalue weighted by Gasteiger charge is 2.18. The number of ether oxygens (including phenoxy) is 2. The van der Waals surface area contributed by atoms with Crippen molar-refractivity contribution in [1.29, 1.82) is 0 Å². The van der Waals surface area contributed by atoms with Gasteiger partial charge < -0.3 is 19.4 Å². The Hall–Kier alpha value is -4.68. The summed E-state index contributed by atoms with van der Waals surface area (Å²) in [7, 11) is 0. The molecule has 0 saturated carbocycles. The maximum Gasteiger partial charge on any atom is 0.128 e. The van der Waals surface area contributed by atoms with Crippen LogP contribution in [0.2, 0.25) is 0 Å². The Morgan fingerprint density at radius 2 is 1.71 bits per heavy atom. The van der Waals surface area contributed by atoms with Crippen LogP contribution in [0, 0.1) is 6.92 Å². The van der Waals surface area contributed by atoms with Gasteiger partial charge in [0.25, 0.3) is 0 Å². The summed E-state index contributed by atoms with van der Waals surface area (Å²) in [5.41, 5.74) is 7.87. The molecule has 210 valence electrons. The predicted molar refractivity (Wildman–Crippen MR) is 170 cm³/mol. The van der Waals surface area contributed by atoms with Crippen molar-refractivity contribution < 1.29 is 9.47 Å². The van der Waals surface area contributed by atoms with E-state index in [1.165, 1.54) is 21.9 Å². The molecule has 0 unspecified atom stereocenters. The fraction of sp³-hybridized carbons (Fsp3) is 0.222. The molecule has 0 radical (unpaired) electrons. The third-order valence-corrected chi connectivity index (χ3v) is 8.18. The Balaban J connectivity index is 1.13. The molecule has 1 N–H and O–H groups in total. The number of hydrogen-bond donors (Lipinski definition) is 1. The van der Waals surface area contributed by atoms with Gasteiger partial charge in [-0.3, -0.25) is 4.98 Å². The minimum atomic E-state index is 0.666. The lowest BCUT2D eigenvalue weighted by atomic mass is 9.94. The Morgan fingerprint density at radius 1 is 0.881 bits per heavy atom. The van der Waals surface area contributed by atoms with Crippen LogP contribution in [-0.2, 0) is 11.2 Å². The molecule has 0 spiro atoms. The number of aromatic nitrogens is 3. The molecule has 42 heavy (non-hydrogen) atoms. The summed E-state index contributed by atoms with van der Waals surface area (Å²) in [6.07, 6.45) is 7.85. The zero-order valence-electron chi connectivity index (χ0n) is 23.8. The number of rotatable bonds is 8. The molecule has 6 aromatic rings. The van der Waals surface area contributed by atoms with E-state index in [2.05, 4.69) is 102 Å². The molecule has 6 nitrogen and oxygen atoms in total. The SMILES string of the molecule is Cc1ccnc(-c2ccc(N3CCOCC3)nc2)c1-c1cccc2c(CCCOc3cccc4ccccc34)c[nH]c12. The Morgan fingerprint density at radius 3 is 2.60 bits per heavy atom. The van der Waals surface area contributed by atoms with Gasteiger partial charge in [0.2, 0.25) is 0 Å². The topological polar surface area (TPSA) is 63.3 Å².